The van der Waals surface area contributed by atoms with E-state index in [1.54, 1.807) is 6.07 Å². The molecular formula is C9H15NOS. The predicted octanol–water partition coefficient (Wildman–Crippen LogP) is 1.95. The first-order valence-electron chi connectivity index (χ1n) is 4.11. The van der Waals surface area contributed by atoms with Crippen molar-refractivity contribution in [1.82, 2.24) is 4.90 Å². The molecule has 1 heterocycles. The van der Waals surface area contributed by atoms with Crippen molar-refractivity contribution in [2.24, 2.45) is 0 Å². The number of aromatic hydroxyl groups is 1. The van der Waals surface area contributed by atoms with E-state index in [1.807, 2.05) is 6.07 Å². The van der Waals surface area contributed by atoms with Crippen molar-refractivity contribution in [1.29, 1.82) is 0 Å². The molecule has 1 aromatic heterocycles. The topological polar surface area (TPSA) is 23.5 Å². The molecule has 0 aliphatic heterocycles. The second kappa shape index (κ2) is 4.48. The molecule has 0 atom stereocenters. The van der Waals surface area contributed by atoms with Crippen molar-refractivity contribution in [2.45, 2.75) is 12.8 Å². The number of rotatable bonds is 4. The van der Waals surface area contributed by atoms with Crippen molar-refractivity contribution < 1.29 is 5.11 Å². The van der Waals surface area contributed by atoms with E-state index in [-0.39, 0.29) is 0 Å². The summed E-state index contributed by atoms with van der Waals surface area (Å²) < 4.78 is 0. The van der Waals surface area contributed by atoms with E-state index in [0.717, 1.165) is 19.4 Å². The molecule has 0 unspecified atom stereocenters. The van der Waals surface area contributed by atoms with Crippen LogP contribution in [0.25, 0.3) is 0 Å². The Morgan fingerprint density at radius 3 is 2.67 bits per heavy atom. The fourth-order valence-corrected chi connectivity index (χ4v) is 1.86. The molecule has 0 spiro atoms. The smallest absolute Gasteiger partial charge is 0.171 e. The van der Waals surface area contributed by atoms with Gasteiger partial charge in [0.2, 0.25) is 0 Å². The number of hydrogen-bond acceptors (Lipinski definition) is 3. The highest BCUT2D eigenvalue weighted by Crippen LogP contribution is 2.23. The lowest BCUT2D eigenvalue weighted by Crippen LogP contribution is -2.13. The summed E-state index contributed by atoms with van der Waals surface area (Å²) in [5.41, 5.74) is 0. The zero-order chi connectivity index (χ0) is 8.97. The maximum atomic E-state index is 9.07. The minimum absolute atomic E-state index is 0.426. The summed E-state index contributed by atoms with van der Waals surface area (Å²) in [6, 6.07) is 3.76. The van der Waals surface area contributed by atoms with Gasteiger partial charge in [-0.3, -0.25) is 0 Å². The molecule has 0 bridgehead atoms. The van der Waals surface area contributed by atoms with Gasteiger partial charge in [-0.1, -0.05) is 0 Å². The van der Waals surface area contributed by atoms with Gasteiger partial charge in [0.05, 0.1) is 0 Å². The molecule has 0 aliphatic carbocycles. The molecule has 1 rings (SSSR count). The maximum Gasteiger partial charge on any atom is 0.171 e. The summed E-state index contributed by atoms with van der Waals surface area (Å²) >= 11 is 1.48. The minimum atomic E-state index is 0.426. The molecule has 0 amide bonds. The van der Waals surface area contributed by atoms with Crippen molar-refractivity contribution in [3.63, 3.8) is 0 Å². The Morgan fingerprint density at radius 2 is 2.17 bits per heavy atom. The lowest BCUT2D eigenvalue weighted by atomic mass is 10.2. The molecule has 0 aromatic carbocycles. The summed E-state index contributed by atoms with van der Waals surface area (Å²) in [6.07, 6.45) is 2.23. The third-order valence-corrected chi connectivity index (χ3v) is 2.62. The van der Waals surface area contributed by atoms with Gasteiger partial charge in [0.1, 0.15) is 0 Å². The molecule has 3 heteroatoms. The number of thiophene rings is 1. The van der Waals surface area contributed by atoms with Gasteiger partial charge in [0.25, 0.3) is 0 Å². The van der Waals surface area contributed by atoms with Crippen LogP contribution in [0.5, 0.6) is 5.06 Å². The van der Waals surface area contributed by atoms with Crippen molar-refractivity contribution in [2.75, 3.05) is 20.6 Å². The lowest BCUT2D eigenvalue weighted by molar-refractivity contribution is 0.401. The van der Waals surface area contributed by atoms with Gasteiger partial charge in [-0.05, 0) is 45.6 Å². The zero-order valence-electron chi connectivity index (χ0n) is 7.58. The van der Waals surface area contributed by atoms with Gasteiger partial charge in [-0.15, -0.1) is 11.3 Å². The first-order chi connectivity index (χ1) is 5.68. The molecule has 0 saturated heterocycles. The van der Waals surface area contributed by atoms with E-state index < -0.39 is 0 Å². The van der Waals surface area contributed by atoms with Crippen LogP contribution in [0.2, 0.25) is 0 Å². The van der Waals surface area contributed by atoms with Gasteiger partial charge in [0, 0.05) is 4.88 Å². The average Bonchev–Trinajstić information content (AvgIpc) is 2.35. The molecule has 68 valence electrons. The van der Waals surface area contributed by atoms with Crippen LogP contribution in [0, 0.1) is 0 Å². The van der Waals surface area contributed by atoms with E-state index >= 15 is 0 Å². The molecule has 2 nitrogen and oxygen atoms in total. The highest BCUT2D eigenvalue weighted by Gasteiger charge is 1.98. The van der Waals surface area contributed by atoms with Crippen molar-refractivity contribution in [3.8, 4) is 5.06 Å². The molecular weight excluding hydrogens is 170 g/mol. The van der Waals surface area contributed by atoms with E-state index in [2.05, 4.69) is 19.0 Å². The van der Waals surface area contributed by atoms with Crippen molar-refractivity contribution in [3.05, 3.63) is 17.0 Å². The highest BCUT2D eigenvalue weighted by molar-refractivity contribution is 7.13. The molecule has 0 fully saturated rings. The number of hydrogen-bond donors (Lipinski definition) is 1. The molecule has 0 saturated carbocycles. The summed E-state index contributed by atoms with van der Waals surface area (Å²) in [6.45, 7) is 1.11. The summed E-state index contributed by atoms with van der Waals surface area (Å²) in [7, 11) is 4.15. The molecule has 0 aliphatic rings. The molecule has 12 heavy (non-hydrogen) atoms. The predicted molar refractivity (Wildman–Crippen MR) is 52.9 cm³/mol. The Balaban J connectivity index is 2.24. The largest absolute Gasteiger partial charge is 0.499 e. The Kier molecular flexibility index (Phi) is 3.56. The van der Waals surface area contributed by atoms with E-state index in [9.17, 15) is 0 Å². The van der Waals surface area contributed by atoms with Gasteiger partial charge in [0.15, 0.2) is 5.06 Å². The number of aryl methyl sites for hydroxylation is 1. The Hall–Kier alpha value is -0.540. The summed E-state index contributed by atoms with van der Waals surface area (Å²) in [5, 5.41) is 9.50. The fourth-order valence-electron chi connectivity index (χ4n) is 1.07. The highest BCUT2D eigenvalue weighted by atomic mass is 32.1. The van der Waals surface area contributed by atoms with Crippen LogP contribution in [0.15, 0.2) is 12.1 Å². The average molecular weight is 185 g/mol. The fraction of sp³-hybridized carbons (Fsp3) is 0.556. The van der Waals surface area contributed by atoms with Gasteiger partial charge in [-0.25, -0.2) is 0 Å². The van der Waals surface area contributed by atoms with Gasteiger partial charge >= 0.3 is 0 Å². The van der Waals surface area contributed by atoms with Crippen LogP contribution < -0.4 is 0 Å². The minimum Gasteiger partial charge on any atom is -0.499 e. The zero-order valence-corrected chi connectivity index (χ0v) is 8.40. The Morgan fingerprint density at radius 1 is 1.42 bits per heavy atom. The van der Waals surface area contributed by atoms with E-state index in [1.165, 1.54) is 16.2 Å². The monoisotopic (exact) mass is 185 g/mol. The van der Waals surface area contributed by atoms with Crippen molar-refractivity contribution >= 4 is 11.3 Å². The van der Waals surface area contributed by atoms with E-state index in [4.69, 9.17) is 5.11 Å². The Labute approximate surface area is 77.5 Å². The molecule has 1 aromatic rings. The third kappa shape index (κ3) is 3.24. The molecule has 1 N–H and O–H groups in total. The molecule has 0 radical (unpaired) electrons. The second-order valence-corrected chi connectivity index (χ2v) is 4.29. The summed E-state index contributed by atoms with van der Waals surface area (Å²) in [4.78, 5) is 3.45. The van der Waals surface area contributed by atoms with Crippen LogP contribution in [0.3, 0.4) is 0 Å². The van der Waals surface area contributed by atoms with Crippen LogP contribution in [0.4, 0.5) is 0 Å². The Bertz CT molecular complexity index is 232. The van der Waals surface area contributed by atoms with Crippen LogP contribution >= 0.6 is 11.3 Å². The van der Waals surface area contributed by atoms with Crippen LogP contribution in [-0.4, -0.2) is 30.6 Å². The number of nitrogens with zero attached hydrogens (tertiary/aromatic N) is 1. The quantitative estimate of drug-likeness (QED) is 0.775. The maximum absolute atomic E-state index is 9.07. The normalized spacial score (nSPS) is 10.9. The first kappa shape index (κ1) is 9.55. The van der Waals surface area contributed by atoms with Gasteiger partial charge < -0.3 is 10.0 Å². The van der Waals surface area contributed by atoms with E-state index in [0.29, 0.717) is 5.06 Å². The third-order valence-electron chi connectivity index (χ3n) is 1.68. The van der Waals surface area contributed by atoms with Crippen LogP contribution in [0.1, 0.15) is 11.3 Å². The summed E-state index contributed by atoms with van der Waals surface area (Å²) in [5.74, 6) is 0. The second-order valence-electron chi connectivity index (χ2n) is 3.15. The SMILES string of the molecule is CN(C)CCCc1ccc(O)s1. The lowest BCUT2D eigenvalue weighted by Gasteiger charge is -2.07. The standard InChI is InChI=1S/C9H15NOS/c1-10(2)7-3-4-8-5-6-9(11)12-8/h5-6,11H,3-4,7H2,1-2H3. The first-order valence-corrected chi connectivity index (χ1v) is 4.92. The van der Waals surface area contributed by atoms with Gasteiger partial charge in [-0.2, -0.15) is 0 Å². The van der Waals surface area contributed by atoms with Crippen LogP contribution in [-0.2, 0) is 6.42 Å².